The first-order chi connectivity index (χ1) is 9.15. The van der Waals surface area contributed by atoms with Crippen molar-refractivity contribution in [1.29, 1.82) is 0 Å². The summed E-state index contributed by atoms with van der Waals surface area (Å²) in [5, 5.41) is 3.09. The topological polar surface area (TPSA) is 47.0 Å². The summed E-state index contributed by atoms with van der Waals surface area (Å²) >= 11 is 2.25. The summed E-state index contributed by atoms with van der Waals surface area (Å²) in [6.07, 6.45) is 0. The van der Waals surface area contributed by atoms with Crippen molar-refractivity contribution in [2.75, 3.05) is 19.0 Å². The zero-order valence-corrected chi connectivity index (χ0v) is 13.4. The van der Waals surface area contributed by atoms with Gasteiger partial charge in [0.25, 0.3) is 0 Å². The fraction of sp³-hybridized carbons (Fsp3) is 0.286. The van der Waals surface area contributed by atoms with E-state index in [-0.39, 0.29) is 0 Å². The zero-order chi connectivity index (χ0) is 13.8. The molecule has 0 spiro atoms. The third-order valence-corrected chi connectivity index (χ3v) is 3.97. The Kier molecular flexibility index (Phi) is 4.57. The first kappa shape index (κ1) is 14.0. The number of halogens is 1. The van der Waals surface area contributed by atoms with Gasteiger partial charge in [-0.3, -0.25) is 0 Å². The van der Waals surface area contributed by atoms with Gasteiger partial charge < -0.3 is 10.1 Å². The molecule has 100 valence electrons. The Morgan fingerprint density at radius 3 is 2.47 bits per heavy atom. The molecule has 2 aromatic rings. The van der Waals surface area contributed by atoms with E-state index in [9.17, 15) is 0 Å². The fourth-order valence-electron chi connectivity index (χ4n) is 1.72. The molecule has 0 bridgehead atoms. The maximum atomic E-state index is 5.43. The quantitative estimate of drug-likeness (QED) is 0.839. The number of nitrogens with one attached hydrogen (secondary N) is 1. The van der Waals surface area contributed by atoms with E-state index >= 15 is 0 Å². The molecule has 1 heterocycles. The van der Waals surface area contributed by atoms with Crippen molar-refractivity contribution in [1.82, 2.24) is 9.97 Å². The number of nitrogens with zero attached hydrogens (tertiary/aromatic N) is 2. The van der Waals surface area contributed by atoms with Crippen LogP contribution in [0.25, 0.3) is 11.4 Å². The molecule has 4 nitrogen and oxygen atoms in total. The van der Waals surface area contributed by atoms with Crippen LogP contribution < -0.4 is 10.1 Å². The Labute approximate surface area is 126 Å². The molecule has 0 saturated heterocycles. The molecule has 1 aromatic carbocycles. The lowest BCUT2D eigenvalue weighted by atomic mass is 10.2. The number of ether oxygens (including phenoxy) is 1. The van der Waals surface area contributed by atoms with Crippen molar-refractivity contribution in [3.63, 3.8) is 0 Å². The van der Waals surface area contributed by atoms with Crippen LogP contribution in [0.1, 0.15) is 12.6 Å². The van der Waals surface area contributed by atoms with E-state index in [2.05, 4.69) is 37.9 Å². The molecule has 5 heteroatoms. The third-order valence-electron chi connectivity index (χ3n) is 2.68. The summed E-state index contributed by atoms with van der Waals surface area (Å²) < 4.78 is 6.48. The second-order valence-electron chi connectivity index (χ2n) is 4.00. The molecule has 0 atom stereocenters. The maximum Gasteiger partial charge on any atom is 0.161 e. The number of aryl methyl sites for hydroxylation is 1. The predicted molar refractivity (Wildman–Crippen MR) is 85.6 cm³/mol. The summed E-state index contributed by atoms with van der Waals surface area (Å²) in [4.78, 5) is 9.05. The second-order valence-corrected chi connectivity index (χ2v) is 5.08. The van der Waals surface area contributed by atoms with Gasteiger partial charge in [0.05, 0.1) is 15.9 Å². The molecule has 0 radical (unpaired) electrons. The smallest absolute Gasteiger partial charge is 0.161 e. The Bertz CT molecular complexity index is 570. The highest BCUT2D eigenvalue weighted by molar-refractivity contribution is 14.1. The van der Waals surface area contributed by atoms with Crippen molar-refractivity contribution < 1.29 is 4.74 Å². The summed E-state index contributed by atoms with van der Waals surface area (Å²) in [5.74, 6) is 2.45. The van der Waals surface area contributed by atoms with Crippen LogP contribution in [0.3, 0.4) is 0 Å². The molecular weight excluding hydrogens is 353 g/mol. The largest absolute Gasteiger partial charge is 0.494 e. The normalized spacial score (nSPS) is 10.3. The van der Waals surface area contributed by atoms with Crippen LogP contribution in [-0.2, 0) is 0 Å². The van der Waals surface area contributed by atoms with E-state index < -0.39 is 0 Å². The molecule has 1 aromatic heterocycles. The average Bonchev–Trinajstić information content (AvgIpc) is 2.43. The van der Waals surface area contributed by atoms with E-state index in [0.717, 1.165) is 32.2 Å². The van der Waals surface area contributed by atoms with Crippen LogP contribution in [0.2, 0.25) is 0 Å². The molecule has 0 amide bonds. The lowest BCUT2D eigenvalue weighted by Crippen LogP contribution is -2.02. The number of anilines is 1. The molecule has 2 rings (SSSR count). The number of hydrogen-bond donors (Lipinski definition) is 1. The Balaban J connectivity index is 2.38. The molecule has 0 fully saturated rings. The lowest BCUT2D eigenvalue weighted by molar-refractivity contribution is 0.340. The minimum absolute atomic E-state index is 0.669. The van der Waals surface area contributed by atoms with Gasteiger partial charge in [0.2, 0.25) is 0 Å². The molecule has 1 N–H and O–H groups in total. The predicted octanol–water partition coefficient (Wildman–Crippen LogP) is 3.50. The number of hydrogen-bond acceptors (Lipinski definition) is 4. The monoisotopic (exact) mass is 369 g/mol. The summed E-state index contributed by atoms with van der Waals surface area (Å²) in [6.45, 7) is 4.63. The van der Waals surface area contributed by atoms with Crippen molar-refractivity contribution >= 4 is 28.4 Å². The molecule has 0 saturated carbocycles. The van der Waals surface area contributed by atoms with Gasteiger partial charge in [-0.25, -0.2) is 9.97 Å². The van der Waals surface area contributed by atoms with E-state index in [0.29, 0.717) is 6.61 Å². The molecule has 0 aliphatic carbocycles. The fourth-order valence-corrected chi connectivity index (χ4v) is 2.23. The van der Waals surface area contributed by atoms with Crippen LogP contribution in [0, 0.1) is 10.5 Å². The average molecular weight is 369 g/mol. The minimum atomic E-state index is 0.669. The molecular formula is C14H16IN3O. The summed E-state index contributed by atoms with van der Waals surface area (Å²) in [5.41, 5.74) is 1.96. The van der Waals surface area contributed by atoms with Gasteiger partial charge in [-0.15, -0.1) is 0 Å². The lowest BCUT2D eigenvalue weighted by Gasteiger charge is -2.09. The summed E-state index contributed by atoms with van der Waals surface area (Å²) in [6, 6.07) is 7.83. The van der Waals surface area contributed by atoms with Gasteiger partial charge >= 0.3 is 0 Å². The van der Waals surface area contributed by atoms with E-state index in [1.54, 1.807) is 0 Å². The number of aromatic nitrogens is 2. The van der Waals surface area contributed by atoms with E-state index in [4.69, 9.17) is 4.74 Å². The van der Waals surface area contributed by atoms with Gasteiger partial charge in [-0.05, 0) is 60.7 Å². The van der Waals surface area contributed by atoms with Crippen LogP contribution in [-0.4, -0.2) is 23.6 Å². The molecule has 19 heavy (non-hydrogen) atoms. The number of rotatable bonds is 4. The highest BCUT2D eigenvalue weighted by Gasteiger charge is 2.09. The summed E-state index contributed by atoms with van der Waals surface area (Å²) in [7, 11) is 1.87. The highest BCUT2D eigenvalue weighted by atomic mass is 127. The van der Waals surface area contributed by atoms with E-state index in [1.165, 1.54) is 0 Å². The van der Waals surface area contributed by atoms with E-state index in [1.807, 2.05) is 45.2 Å². The Morgan fingerprint density at radius 2 is 1.89 bits per heavy atom. The van der Waals surface area contributed by atoms with Crippen LogP contribution in [0.15, 0.2) is 24.3 Å². The van der Waals surface area contributed by atoms with Crippen molar-refractivity contribution in [3.8, 4) is 17.1 Å². The third kappa shape index (κ3) is 3.15. The van der Waals surface area contributed by atoms with Gasteiger partial charge in [0, 0.05) is 12.6 Å². The first-order valence-electron chi connectivity index (χ1n) is 6.10. The maximum absolute atomic E-state index is 5.43. The van der Waals surface area contributed by atoms with Gasteiger partial charge in [0.1, 0.15) is 11.6 Å². The minimum Gasteiger partial charge on any atom is -0.494 e. The van der Waals surface area contributed by atoms with Gasteiger partial charge in [-0.2, -0.15) is 0 Å². The standard InChI is InChI=1S/C14H16IN3O/c1-4-19-11-7-5-10(6-8-11)13-17-9(2)12(15)14(16-3)18-13/h5-8H,4H2,1-3H3,(H,16,17,18). The second kappa shape index (κ2) is 6.18. The SMILES string of the molecule is CCOc1ccc(-c2nc(C)c(I)c(NC)n2)cc1. The number of benzene rings is 1. The van der Waals surface area contributed by atoms with Crippen molar-refractivity contribution in [3.05, 3.63) is 33.5 Å². The molecule has 0 unspecified atom stereocenters. The molecule has 0 aliphatic heterocycles. The van der Waals surface area contributed by atoms with Gasteiger partial charge in [-0.1, -0.05) is 0 Å². The van der Waals surface area contributed by atoms with Crippen LogP contribution in [0.4, 0.5) is 5.82 Å². The first-order valence-corrected chi connectivity index (χ1v) is 7.18. The Hall–Kier alpha value is -1.37. The Morgan fingerprint density at radius 1 is 1.21 bits per heavy atom. The highest BCUT2D eigenvalue weighted by Crippen LogP contribution is 2.24. The van der Waals surface area contributed by atoms with Crippen molar-refractivity contribution in [2.45, 2.75) is 13.8 Å². The van der Waals surface area contributed by atoms with Gasteiger partial charge in [0.15, 0.2) is 5.82 Å². The van der Waals surface area contributed by atoms with Crippen LogP contribution in [0.5, 0.6) is 5.75 Å². The van der Waals surface area contributed by atoms with Crippen molar-refractivity contribution in [2.24, 2.45) is 0 Å². The van der Waals surface area contributed by atoms with Crippen LogP contribution >= 0.6 is 22.6 Å². The zero-order valence-electron chi connectivity index (χ0n) is 11.2. The molecule has 0 aliphatic rings.